The molecular formula is C15H17BrN2O2. The smallest absolute Gasteiger partial charge is 0.239 e. The van der Waals surface area contributed by atoms with Crippen LogP contribution in [0.15, 0.2) is 35.3 Å². The number of carbonyl (C=O) groups excluding carboxylic acids is 2. The molecule has 0 aromatic heterocycles. The van der Waals surface area contributed by atoms with Crippen LogP contribution in [0.5, 0.6) is 0 Å². The molecule has 1 aromatic carbocycles. The number of rotatable bonds is 4. The lowest BCUT2D eigenvalue weighted by Gasteiger charge is -2.19. The van der Waals surface area contributed by atoms with Crippen molar-refractivity contribution in [3.8, 4) is 0 Å². The van der Waals surface area contributed by atoms with Crippen molar-refractivity contribution in [3.05, 3.63) is 40.9 Å². The molecule has 1 aliphatic rings. The van der Waals surface area contributed by atoms with Crippen LogP contribution in [0.4, 0.5) is 5.69 Å². The summed E-state index contributed by atoms with van der Waals surface area (Å²) in [5, 5.41) is 2.69. The third kappa shape index (κ3) is 2.93. The van der Waals surface area contributed by atoms with Gasteiger partial charge in [0.2, 0.25) is 11.8 Å². The highest BCUT2D eigenvalue weighted by Gasteiger charge is 2.37. The predicted octanol–water partition coefficient (Wildman–Crippen LogP) is 2.41. The summed E-state index contributed by atoms with van der Waals surface area (Å²) >= 11 is 3.41. The molecule has 0 saturated carbocycles. The molecule has 20 heavy (non-hydrogen) atoms. The summed E-state index contributed by atoms with van der Waals surface area (Å²) in [4.78, 5) is 26.0. The van der Waals surface area contributed by atoms with E-state index in [2.05, 4.69) is 27.8 Å². The molecule has 1 saturated heterocycles. The molecule has 106 valence electrons. The lowest BCUT2D eigenvalue weighted by atomic mass is 10.1. The molecule has 1 heterocycles. The van der Waals surface area contributed by atoms with Crippen molar-refractivity contribution in [1.82, 2.24) is 5.32 Å². The minimum atomic E-state index is -0.585. The van der Waals surface area contributed by atoms with Crippen LogP contribution in [0.2, 0.25) is 0 Å². The van der Waals surface area contributed by atoms with Gasteiger partial charge in [-0.15, -0.1) is 6.58 Å². The first kappa shape index (κ1) is 14.8. The summed E-state index contributed by atoms with van der Waals surface area (Å²) in [7, 11) is 0. The van der Waals surface area contributed by atoms with Crippen molar-refractivity contribution >= 4 is 33.4 Å². The maximum absolute atomic E-state index is 12.4. The van der Waals surface area contributed by atoms with Crippen LogP contribution in [0, 0.1) is 12.8 Å². The molecule has 0 radical (unpaired) electrons. The first-order chi connectivity index (χ1) is 9.54. The van der Waals surface area contributed by atoms with Gasteiger partial charge < -0.3 is 10.2 Å². The van der Waals surface area contributed by atoms with Crippen LogP contribution in [-0.2, 0) is 9.59 Å². The molecule has 1 N–H and O–H groups in total. The van der Waals surface area contributed by atoms with Gasteiger partial charge in [-0.05, 0) is 37.1 Å². The Morgan fingerprint density at radius 2 is 2.35 bits per heavy atom. The number of nitrogens with one attached hydrogen (secondary N) is 1. The van der Waals surface area contributed by atoms with Crippen molar-refractivity contribution in [2.75, 3.05) is 18.0 Å². The number of carbonyl (C=O) groups is 2. The number of hydrogen-bond acceptors (Lipinski definition) is 2. The van der Waals surface area contributed by atoms with Gasteiger partial charge in [-0.25, -0.2) is 0 Å². The number of amides is 2. The number of hydrogen-bond donors (Lipinski definition) is 1. The predicted molar refractivity (Wildman–Crippen MR) is 82.5 cm³/mol. The van der Waals surface area contributed by atoms with Crippen molar-refractivity contribution < 1.29 is 9.59 Å². The molecule has 0 bridgehead atoms. The number of benzene rings is 1. The molecule has 5 heteroatoms. The van der Waals surface area contributed by atoms with E-state index < -0.39 is 5.92 Å². The van der Waals surface area contributed by atoms with Gasteiger partial charge in [0.15, 0.2) is 0 Å². The van der Waals surface area contributed by atoms with Gasteiger partial charge in [-0.1, -0.05) is 22.0 Å². The molecule has 1 aromatic rings. The average Bonchev–Trinajstić information content (AvgIpc) is 2.78. The Labute approximate surface area is 127 Å². The molecular weight excluding hydrogens is 320 g/mol. The molecule has 2 rings (SSSR count). The Bertz CT molecular complexity index is 557. The normalized spacial score (nSPS) is 18.2. The van der Waals surface area contributed by atoms with Crippen molar-refractivity contribution in [1.29, 1.82) is 0 Å². The first-order valence-electron chi connectivity index (χ1n) is 6.50. The van der Waals surface area contributed by atoms with Crippen molar-refractivity contribution in [3.63, 3.8) is 0 Å². The molecule has 0 spiro atoms. The van der Waals surface area contributed by atoms with Crippen LogP contribution in [0.1, 0.15) is 12.0 Å². The lowest BCUT2D eigenvalue weighted by Crippen LogP contribution is -2.37. The summed E-state index contributed by atoms with van der Waals surface area (Å²) in [6, 6.07) is 5.77. The Morgan fingerprint density at radius 1 is 1.60 bits per heavy atom. The fraction of sp³-hybridized carbons (Fsp3) is 0.333. The number of aryl methyl sites for hydroxylation is 1. The average molecular weight is 337 g/mol. The SMILES string of the molecule is C=CCNC(=O)C1CCN(c2ccc(Br)cc2C)C1=O. The van der Waals surface area contributed by atoms with E-state index in [1.54, 1.807) is 11.0 Å². The Morgan fingerprint density at radius 3 is 3.00 bits per heavy atom. The van der Waals surface area contributed by atoms with E-state index >= 15 is 0 Å². The third-order valence-corrected chi connectivity index (χ3v) is 3.89. The van der Waals surface area contributed by atoms with E-state index in [0.29, 0.717) is 19.5 Å². The van der Waals surface area contributed by atoms with Gasteiger partial charge in [-0.2, -0.15) is 0 Å². The van der Waals surface area contributed by atoms with Crippen LogP contribution in [0.3, 0.4) is 0 Å². The number of anilines is 1. The minimum Gasteiger partial charge on any atom is -0.352 e. The molecule has 1 fully saturated rings. The summed E-state index contributed by atoms with van der Waals surface area (Å²) in [6.45, 7) is 6.47. The summed E-state index contributed by atoms with van der Waals surface area (Å²) in [5.74, 6) is -0.929. The van der Waals surface area contributed by atoms with Gasteiger partial charge >= 0.3 is 0 Å². The Hall–Kier alpha value is -1.62. The minimum absolute atomic E-state index is 0.128. The van der Waals surface area contributed by atoms with Crippen molar-refractivity contribution in [2.24, 2.45) is 5.92 Å². The maximum Gasteiger partial charge on any atom is 0.239 e. The van der Waals surface area contributed by atoms with E-state index in [-0.39, 0.29) is 11.8 Å². The molecule has 2 amide bonds. The number of halogens is 1. The second kappa shape index (κ2) is 6.22. The molecule has 1 unspecified atom stereocenters. The highest BCUT2D eigenvalue weighted by Crippen LogP contribution is 2.29. The molecule has 1 aliphatic heterocycles. The van der Waals surface area contributed by atoms with E-state index in [1.165, 1.54) is 0 Å². The monoisotopic (exact) mass is 336 g/mol. The maximum atomic E-state index is 12.4. The van der Waals surface area contributed by atoms with Gasteiger partial charge in [0.25, 0.3) is 0 Å². The number of nitrogens with zero attached hydrogens (tertiary/aromatic N) is 1. The summed E-state index contributed by atoms with van der Waals surface area (Å²) in [6.07, 6.45) is 2.16. The van der Waals surface area contributed by atoms with E-state index in [4.69, 9.17) is 0 Å². The van der Waals surface area contributed by atoms with Crippen LogP contribution >= 0.6 is 15.9 Å². The van der Waals surface area contributed by atoms with E-state index in [1.807, 2.05) is 25.1 Å². The molecule has 1 atom stereocenters. The lowest BCUT2D eigenvalue weighted by molar-refractivity contribution is -0.131. The quantitative estimate of drug-likeness (QED) is 0.678. The summed E-state index contributed by atoms with van der Waals surface area (Å²) in [5.41, 5.74) is 1.89. The zero-order chi connectivity index (χ0) is 14.7. The fourth-order valence-electron chi connectivity index (χ4n) is 2.38. The summed E-state index contributed by atoms with van der Waals surface area (Å²) < 4.78 is 0.977. The third-order valence-electron chi connectivity index (χ3n) is 3.39. The Balaban J connectivity index is 2.14. The fourth-order valence-corrected chi connectivity index (χ4v) is 2.86. The highest BCUT2D eigenvalue weighted by atomic mass is 79.9. The second-order valence-corrected chi connectivity index (χ2v) is 5.71. The van der Waals surface area contributed by atoms with Gasteiger partial charge in [0.05, 0.1) is 0 Å². The van der Waals surface area contributed by atoms with Crippen molar-refractivity contribution in [2.45, 2.75) is 13.3 Å². The van der Waals surface area contributed by atoms with E-state index in [0.717, 1.165) is 15.7 Å². The zero-order valence-corrected chi connectivity index (χ0v) is 12.9. The highest BCUT2D eigenvalue weighted by molar-refractivity contribution is 9.10. The van der Waals surface area contributed by atoms with Crippen LogP contribution in [0.25, 0.3) is 0 Å². The largest absolute Gasteiger partial charge is 0.352 e. The van der Waals surface area contributed by atoms with Gasteiger partial charge in [-0.3, -0.25) is 9.59 Å². The standard InChI is InChI=1S/C15H17BrN2O2/c1-3-7-17-14(19)12-6-8-18(15(12)20)13-5-4-11(16)9-10(13)2/h3-5,9,12H,1,6-8H2,2H3,(H,17,19). The second-order valence-electron chi connectivity index (χ2n) is 4.80. The zero-order valence-electron chi connectivity index (χ0n) is 11.4. The van der Waals surface area contributed by atoms with Gasteiger partial charge in [0.1, 0.15) is 5.92 Å². The molecule has 4 nitrogen and oxygen atoms in total. The van der Waals surface area contributed by atoms with E-state index in [9.17, 15) is 9.59 Å². The van der Waals surface area contributed by atoms with Crippen LogP contribution in [-0.4, -0.2) is 24.9 Å². The topological polar surface area (TPSA) is 49.4 Å². The first-order valence-corrected chi connectivity index (χ1v) is 7.30. The molecule has 0 aliphatic carbocycles. The Kier molecular flexibility index (Phi) is 4.60. The van der Waals surface area contributed by atoms with Gasteiger partial charge in [0, 0.05) is 23.2 Å². The van der Waals surface area contributed by atoms with Crippen LogP contribution < -0.4 is 10.2 Å².